The molecule has 2 aromatic rings. The fourth-order valence-electron chi connectivity index (χ4n) is 3.38. The molecule has 0 bridgehead atoms. The van der Waals surface area contributed by atoms with E-state index in [0.29, 0.717) is 11.8 Å². The number of halogens is 3. The van der Waals surface area contributed by atoms with Crippen molar-refractivity contribution in [2.75, 3.05) is 25.1 Å². The first kappa shape index (κ1) is 29.7. The Morgan fingerprint density at radius 2 is 1.84 bits per heavy atom. The average Bonchev–Trinajstić information content (AvgIpc) is 3.13. The highest BCUT2D eigenvalue weighted by Gasteiger charge is 2.35. The molecule has 3 rings (SSSR count). The molecule has 1 unspecified atom stereocenters. The van der Waals surface area contributed by atoms with Crippen LogP contribution in [-0.4, -0.2) is 61.5 Å². The second-order valence-corrected chi connectivity index (χ2v) is 11.7. The Kier molecular flexibility index (Phi) is 10.0. The predicted octanol–water partition coefficient (Wildman–Crippen LogP) is 3.96. The number of carbonyl (C=O) groups excluding carboxylic acids is 3. The van der Waals surface area contributed by atoms with Crippen LogP contribution in [0.25, 0.3) is 6.08 Å². The van der Waals surface area contributed by atoms with Crippen LogP contribution >= 0.6 is 23.5 Å². The zero-order valence-corrected chi connectivity index (χ0v) is 22.5. The zero-order valence-electron chi connectivity index (χ0n) is 20.0. The molecular weight excluding hydrogens is 563 g/mol. The number of nitrogens with one attached hydrogen (secondary N) is 2. The number of thioether (sulfide) groups is 2. The molecule has 14 heteroatoms. The molecule has 0 radical (unpaired) electrons. The Morgan fingerprint density at radius 1 is 1.13 bits per heavy atom. The molecule has 204 valence electrons. The summed E-state index contributed by atoms with van der Waals surface area (Å²) in [7, 11) is -4.46. The van der Waals surface area contributed by atoms with Gasteiger partial charge >= 0.3 is 6.18 Å². The summed E-state index contributed by atoms with van der Waals surface area (Å²) in [6.07, 6.45) is -1.34. The number of benzene rings is 2. The van der Waals surface area contributed by atoms with Crippen LogP contribution in [0.3, 0.4) is 0 Å². The van der Waals surface area contributed by atoms with Gasteiger partial charge in [0, 0.05) is 13.1 Å². The number of sulfonamides is 1. The molecule has 1 aliphatic rings. The Morgan fingerprint density at radius 3 is 2.50 bits per heavy atom. The summed E-state index contributed by atoms with van der Waals surface area (Å²) in [5.74, 6) is -0.861. The van der Waals surface area contributed by atoms with Crippen LogP contribution in [-0.2, 0) is 25.8 Å². The maximum Gasteiger partial charge on any atom is 0.416 e. The number of nitrogens with zero attached hydrogens (tertiary/aromatic N) is 1. The molecule has 3 amide bonds. The predicted molar refractivity (Wildman–Crippen MR) is 141 cm³/mol. The van der Waals surface area contributed by atoms with Gasteiger partial charge in [-0.05, 0) is 60.0 Å². The van der Waals surface area contributed by atoms with Gasteiger partial charge in [0.25, 0.3) is 11.1 Å². The van der Waals surface area contributed by atoms with Crippen molar-refractivity contribution in [2.24, 2.45) is 0 Å². The lowest BCUT2D eigenvalue weighted by Gasteiger charge is -2.20. The van der Waals surface area contributed by atoms with E-state index in [0.717, 1.165) is 40.4 Å². The van der Waals surface area contributed by atoms with E-state index in [1.165, 1.54) is 11.8 Å². The first-order valence-electron chi connectivity index (χ1n) is 11.2. The molecule has 0 aliphatic carbocycles. The lowest BCUT2D eigenvalue weighted by Crippen LogP contribution is -2.48. The van der Waals surface area contributed by atoms with Crippen LogP contribution in [0, 0.1) is 0 Å². The summed E-state index contributed by atoms with van der Waals surface area (Å²) in [6, 6.07) is 10.9. The monoisotopic (exact) mass is 587 g/mol. The lowest BCUT2D eigenvalue weighted by atomic mass is 10.2. The van der Waals surface area contributed by atoms with Crippen molar-refractivity contribution in [3.8, 4) is 0 Å². The van der Waals surface area contributed by atoms with Crippen molar-refractivity contribution < 1.29 is 36.0 Å². The summed E-state index contributed by atoms with van der Waals surface area (Å²) in [5.41, 5.74) is -0.389. The van der Waals surface area contributed by atoms with Gasteiger partial charge in [0.2, 0.25) is 15.9 Å². The number of hydrogen-bond donors (Lipinski definition) is 2. The van der Waals surface area contributed by atoms with Gasteiger partial charge in [-0.1, -0.05) is 36.4 Å². The van der Waals surface area contributed by atoms with Crippen molar-refractivity contribution in [2.45, 2.75) is 23.5 Å². The maximum absolute atomic E-state index is 13.0. The molecule has 0 aromatic heterocycles. The van der Waals surface area contributed by atoms with Crippen LogP contribution in [0.15, 0.2) is 64.4 Å². The van der Waals surface area contributed by atoms with Crippen LogP contribution in [0.2, 0.25) is 0 Å². The lowest BCUT2D eigenvalue weighted by molar-refractivity contribution is -0.137. The third kappa shape index (κ3) is 7.85. The number of alkyl halides is 3. The normalized spacial score (nSPS) is 16.2. The summed E-state index contributed by atoms with van der Waals surface area (Å²) >= 11 is 2.12. The van der Waals surface area contributed by atoms with E-state index in [9.17, 15) is 36.0 Å². The number of amides is 3. The van der Waals surface area contributed by atoms with Crippen molar-refractivity contribution in [1.29, 1.82) is 0 Å². The van der Waals surface area contributed by atoms with Crippen molar-refractivity contribution in [3.63, 3.8) is 0 Å². The van der Waals surface area contributed by atoms with E-state index in [1.54, 1.807) is 36.6 Å². The molecule has 1 saturated heterocycles. The first-order valence-corrected chi connectivity index (χ1v) is 14.9. The smallest absolute Gasteiger partial charge is 0.353 e. The van der Waals surface area contributed by atoms with E-state index in [1.807, 2.05) is 6.07 Å². The quantitative estimate of drug-likeness (QED) is 0.383. The van der Waals surface area contributed by atoms with Gasteiger partial charge in [0.05, 0.1) is 15.4 Å². The second-order valence-electron chi connectivity index (χ2n) is 8.02. The zero-order chi connectivity index (χ0) is 27.9. The standard InChI is InChI=1S/C24H24F3N3O5S3/c1-36-13-10-19(29-38(34,35)18-9-5-8-17(15-18)24(25,26)27)21(31)28-11-12-30-22(32)20(37-23(30)33)14-16-6-3-2-4-7-16/h2-9,14-15,19,29H,10-13H2,1H3,(H,28,31)/b20-14-. The fraction of sp³-hybridized carbons (Fsp3) is 0.292. The third-order valence-electron chi connectivity index (χ3n) is 5.30. The third-order valence-corrected chi connectivity index (χ3v) is 8.32. The molecule has 8 nitrogen and oxygen atoms in total. The molecule has 2 aromatic carbocycles. The Labute approximate surface area is 226 Å². The SMILES string of the molecule is CSCCC(NS(=O)(=O)c1cccc(C(F)(F)F)c1)C(=O)NCCN1C(=O)S/C(=C\c2ccccc2)C1=O. The largest absolute Gasteiger partial charge is 0.416 e. The number of imide groups is 1. The van der Waals surface area contributed by atoms with E-state index in [4.69, 9.17) is 0 Å². The summed E-state index contributed by atoms with van der Waals surface area (Å²) in [6.45, 7) is -0.283. The van der Waals surface area contributed by atoms with E-state index in [2.05, 4.69) is 10.0 Å². The molecule has 1 heterocycles. The molecule has 2 N–H and O–H groups in total. The second kappa shape index (κ2) is 12.8. The minimum Gasteiger partial charge on any atom is -0.353 e. The molecular formula is C24H24F3N3O5S3. The van der Waals surface area contributed by atoms with Crippen LogP contribution < -0.4 is 10.0 Å². The molecule has 0 saturated carbocycles. The highest BCUT2D eigenvalue weighted by atomic mass is 32.2. The Hall–Kier alpha value is -2.81. The van der Waals surface area contributed by atoms with Crippen LogP contribution in [0.5, 0.6) is 0 Å². The molecule has 1 aliphatic heterocycles. The minimum atomic E-state index is -4.74. The van der Waals surface area contributed by atoms with E-state index < -0.39 is 49.8 Å². The number of hydrogen-bond acceptors (Lipinski definition) is 7. The fourth-order valence-corrected chi connectivity index (χ4v) is 5.99. The van der Waals surface area contributed by atoms with Gasteiger partial charge in [-0.15, -0.1) is 0 Å². The minimum absolute atomic E-state index is 0.0621. The highest BCUT2D eigenvalue weighted by molar-refractivity contribution is 8.18. The molecule has 1 atom stereocenters. The first-order chi connectivity index (χ1) is 17.9. The van der Waals surface area contributed by atoms with Crippen molar-refractivity contribution in [3.05, 3.63) is 70.6 Å². The maximum atomic E-state index is 13.0. The molecule has 0 spiro atoms. The van der Waals surface area contributed by atoms with E-state index >= 15 is 0 Å². The Balaban J connectivity index is 1.64. The molecule has 1 fully saturated rings. The van der Waals surface area contributed by atoms with Crippen LogP contribution in [0.4, 0.5) is 18.0 Å². The van der Waals surface area contributed by atoms with Gasteiger partial charge in [0.1, 0.15) is 6.04 Å². The van der Waals surface area contributed by atoms with Crippen molar-refractivity contribution in [1.82, 2.24) is 14.9 Å². The van der Waals surface area contributed by atoms with Gasteiger partial charge < -0.3 is 5.32 Å². The van der Waals surface area contributed by atoms with Gasteiger partial charge in [0.15, 0.2) is 0 Å². The van der Waals surface area contributed by atoms with Gasteiger partial charge in [-0.2, -0.15) is 29.7 Å². The number of rotatable bonds is 11. The highest BCUT2D eigenvalue weighted by Crippen LogP contribution is 2.32. The molecule has 38 heavy (non-hydrogen) atoms. The Bertz CT molecular complexity index is 1320. The van der Waals surface area contributed by atoms with Crippen molar-refractivity contribution >= 4 is 56.7 Å². The summed E-state index contributed by atoms with van der Waals surface area (Å²) in [5, 5.41) is 2.00. The number of carbonyl (C=O) groups is 3. The topological polar surface area (TPSA) is 113 Å². The van der Waals surface area contributed by atoms with E-state index in [-0.39, 0.29) is 24.4 Å². The van der Waals surface area contributed by atoms with Gasteiger partial charge in [-0.25, -0.2) is 8.42 Å². The average molecular weight is 588 g/mol. The van der Waals surface area contributed by atoms with Gasteiger partial charge in [-0.3, -0.25) is 19.3 Å². The summed E-state index contributed by atoms with van der Waals surface area (Å²) in [4.78, 5) is 38.3. The summed E-state index contributed by atoms with van der Waals surface area (Å²) < 4.78 is 66.8. The van der Waals surface area contributed by atoms with Crippen LogP contribution in [0.1, 0.15) is 17.5 Å².